The highest BCUT2D eigenvalue weighted by Gasteiger charge is 2.32. The van der Waals surface area contributed by atoms with Crippen molar-refractivity contribution in [2.75, 3.05) is 19.8 Å². The van der Waals surface area contributed by atoms with Crippen molar-refractivity contribution < 1.29 is 9.53 Å². The zero-order chi connectivity index (χ0) is 11.4. The van der Waals surface area contributed by atoms with Gasteiger partial charge in [0.1, 0.15) is 0 Å². The number of hydrogen-bond donors (Lipinski definition) is 2. The first-order chi connectivity index (χ1) is 7.81. The molecule has 1 saturated carbocycles. The second kappa shape index (κ2) is 5.64. The Morgan fingerprint density at radius 3 is 2.69 bits per heavy atom. The van der Waals surface area contributed by atoms with Gasteiger partial charge in [-0.15, -0.1) is 0 Å². The minimum Gasteiger partial charge on any atom is -0.381 e. The predicted octanol–water partition coefficient (Wildman–Crippen LogP) is 0.657. The highest BCUT2D eigenvalue weighted by molar-refractivity contribution is 5.79. The standard InChI is InChI=1S/C12H22N2O2/c13-8-9-2-1-3-11(9)12(15)14-10-4-6-16-7-5-10/h9-11H,1-8,13H2,(H,14,15). The number of nitrogens with one attached hydrogen (secondary N) is 1. The normalized spacial score (nSPS) is 31.6. The van der Waals surface area contributed by atoms with Crippen molar-refractivity contribution in [3.8, 4) is 0 Å². The van der Waals surface area contributed by atoms with E-state index in [0.29, 0.717) is 18.5 Å². The summed E-state index contributed by atoms with van der Waals surface area (Å²) in [6, 6.07) is 0.320. The molecule has 1 aliphatic heterocycles. The highest BCUT2D eigenvalue weighted by atomic mass is 16.5. The molecular weight excluding hydrogens is 204 g/mol. The summed E-state index contributed by atoms with van der Waals surface area (Å²) in [5.74, 6) is 0.785. The Morgan fingerprint density at radius 1 is 1.25 bits per heavy atom. The quantitative estimate of drug-likeness (QED) is 0.743. The van der Waals surface area contributed by atoms with Gasteiger partial charge in [0.15, 0.2) is 0 Å². The third-order valence-electron chi connectivity index (χ3n) is 3.87. The molecule has 92 valence electrons. The van der Waals surface area contributed by atoms with Crippen LogP contribution in [0.4, 0.5) is 0 Å². The summed E-state index contributed by atoms with van der Waals surface area (Å²) >= 11 is 0. The SMILES string of the molecule is NCC1CCCC1C(=O)NC1CCOCC1. The fourth-order valence-electron chi connectivity index (χ4n) is 2.81. The smallest absolute Gasteiger partial charge is 0.223 e. The zero-order valence-corrected chi connectivity index (χ0v) is 9.78. The monoisotopic (exact) mass is 226 g/mol. The van der Waals surface area contributed by atoms with E-state index in [9.17, 15) is 4.79 Å². The van der Waals surface area contributed by atoms with E-state index in [1.165, 1.54) is 0 Å². The van der Waals surface area contributed by atoms with Gasteiger partial charge in [0.25, 0.3) is 0 Å². The second-order valence-corrected chi connectivity index (χ2v) is 4.93. The Bertz CT molecular complexity index is 239. The van der Waals surface area contributed by atoms with Crippen LogP contribution in [0.1, 0.15) is 32.1 Å². The summed E-state index contributed by atoms with van der Waals surface area (Å²) in [4.78, 5) is 12.1. The molecule has 0 spiro atoms. The van der Waals surface area contributed by atoms with Crippen molar-refractivity contribution in [1.29, 1.82) is 0 Å². The lowest BCUT2D eigenvalue weighted by molar-refractivity contribution is -0.127. The Balaban J connectivity index is 1.82. The molecule has 0 aromatic carbocycles. The van der Waals surface area contributed by atoms with Crippen LogP contribution in [0.25, 0.3) is 0 Å². The molecule has 1 heterocycles. The summed E-state index contributed by atoms with van der Waals surface area (Å²) in [6.07, 6.45) is 5.17. The zero-order valence-electron chi connectivity index (χ0n) is 9.78. The van der Waals surface area contributed by atoms with E-state index in [2.05, 4.69) is 5.32 Å². The fourth-order valence-corrected chi connectivity index (χ4v) is 2.81. The number of rotatable bonds is 3. The van der Waals surface area contributed by atoms with Gasteiger partial charge in [-0.3, -0.25) is 4.79 Å². The average Bonchev–Trinajstić information content (AvgIpc) is 2.78. The maximum absolute atomic E-state index is 12.1. The van der Waals surface area contributed by atoms with Crippen molar-refractivity contribution >= 4 is 5.91 Å². The molecule has 2 fully saturated rings. The van der Waals surface area contributed by atoms with E-state index in [1.54, 1.807) is 0 Å². The van der Waals surface area contributed by atoms with Crippen LogP contribution in [0.3, 0.4) is 0 Å². The molecule has 2 unspecified atom stereocenters. The molecule has 0 aromatic rings. The Morgan fingerprint density at radius 2 is 2.00 bits per heavy atom. The molecule has 2 rings (SSSR count). The van der Waals surface area contributed by atoms with E-state index < -0.39 is 0 Å². The van der Waals surface area contributed by atoms with Crippen LogP contribution in [-0.2, 0) is 9.53 Å². The fraction of sp³-hybridized carbons (Fsp3) is 0.917. The van der Waals surface area contributed by atoms with Gasteiger partial charge in [0, 0.05) is 25.2 Å². The van der Waals surface area contributed by atoms with Gasteiger partial charge in [0.2, 0.25) is 5.91 Å². The third kappa shape index (κ3) is 2.74. The molecule has 1 amide bonds. The first kappa shape index (κ1) is 11.9. The van der Waals surface area contributed by atoms with Crippen molar-refractivity contribution in [2.24, 2.45) is 17.6 Å². The molecule has 0 radical (unpaired) electrons. The lowest BCUT2D eigenvalue weighted by Gasteiger charge is -2.26. The topological polar surface area (TPSA) is 64.4 Å². The molecule has 16 heavy (non-hydrogen) atoms. The number of nitrogens with two attached hydrogens (primary N) is 1. The molecule has 0 aromatic heterocycles. The lowest BCUT2D eigenvalue weighted by atomic mass is 9.94. The summed E-state index contributed by atoms with van der Waals surface area (Å²) in [7, 11) is 0. The summed E-state index contributed by atoms with van der Waals surface area (Å²) in [5.41, 5.74) is 5.70. The van der Waals surface area contributed by atoms with Gasteiger partial charge in [-0.05, 0) is 38.1 Å². The minimum atomic E-state index is 0.160. The molecule has 1 saturated heterocycles. The van der Waals surface area contributed by atoms with Gasteiger partial charge in [-0.1, -0.05) is 6.42 Å². The molecule has 2 atom stereocenters. The van der Waals surface area contributed by atoms with Crippen LogP contribution in [0.5, 0.6) is 0 Å². The van der Waals surface area contributed by atoms with Gasteiger partial charge in [0.05, 0.1) is 0 Å². The molecule has 4 nitrogen and oxygen atoms in total. The van der Waals surface area contributed by atoms with Crippen LogP contribution < -0.4 is 11.1 Å². The second-order valence-electron chi connectivity index (χ2n) is 4.93. The Hall–Kier alpha value is -0.610. The summed E-state index contributed by atoms with van der Waals surface area (Å²) in [5, 5.41) is 3.15. The third-order valence-corrected chi connectivity index (χ3v) is 3.87. The van der Waals surface area contributed by atoms with Gasteiger partial charge in [-0.25, -0.2) is 0 Å². The number of carbonyl (C=O) groups excluding carboxylic acids is 1. The maximum atomic E-state index is 12.1. The molecule has 1 aliphatic carbocycles. The molecule has 2 aliphatic rings. The van der Waals surface area contributed by atoms with Crippen LogP contribution in [0.15, 0.2) is 0 Å². The van der Waals surface area contributed by atoms with E-state index in [1.807, 2.05) is 0 Å². The number of carbonyl (C=O) groups is 1. The number of ether oxygens (including phenoxy) is 1. The van der Waals surface area contributed by atoms with E-state index >= 15 is 0 Å². The van der Waals surface area contributed by atoms with Crippen LogP contribution in [0, 0.1) is 11.8 Å². The molecular formula is C12H22N2O2. The molecule has 3 N–H and O–H groups in total. The van der Waals surface area contributed by atoms with E-state index in [4.69, 9.17) is 10.5 Å². The molecule has 0 bridgehead atoms. The molecule has 4 heteroatoms. The van der Waals surface area contributed by atoms with Crippen molar-refractivity contribution in [3.05, 3.63) is 0 Å². The summed E-state index contributed by atoms with van der Waals surface area (Å²) < 4.78 is 5.28. The Labute approximate surface area is 96.9 Å². The average molecular weight is 226 g/mol. The highest BCUT2D eigenvalue weighted by Crippen LogP contribution is 2.31. The first-order valence-electron chi connectivity index (χ1n) is 6.39. The van der Waals surface area contributed by atoms with Crippen molar-refractivity contribution in [1.82, 2.24) is 5.32 Å². The van der Waals surface area contributed by atoms with Gasteiger partial charge in [-0.2, -0.15) is 0 Å². The maximum Gasteiger partial charge on any atom is 0.223 e. The van der Waals surface area contributed by atoms with Gasteiger partial charge < -0.3 is 15.8 Å². The van der Waals surface area contributed by atoms with E-state index in [-0.39, 0.29) is 11.8 Å². The lowest BCUT2D eigenvalue weighted by Crippen LogP contribution is -2.43. The van der Waals surface area contributed by atoms with Crippen LogP contribution in [0.2, 0.25) is 0 Å². The Kier molecular flexibility index (Phi) is 4.18. The van der Waals surface area contributed by atoms with Crippen molar-refractivity contribution in [2.45, 2.75) is 38.1 Å². The largest absolute Gasteiger partial charge is 0.381 e. The van der Waals surface area contributed by atoms with Crippen LogP contribution in [-0.4, -0.2) is 31.7 Å². The number of amides is 1. The summed E-state index contributed by atoms with van der Waals surface area (Å²) in [6.45, 7) is 2.19. The van der Waals surface area contributed by atoms with Crippen molar-refractivity contribution in [3.63, 3.8) is 0 Å². The minimum absolute atomic E-state index is 0.160. The van der Waals surface area contributed by atoms with Gasteiger partial charge >= 0.3 is 0 Å². The van der Waals surface area contributed by atoms with E-state index in [0.717, 1.165) is 45.3 Å². The first-order valence-corrected chi connectivity index (χ1v) is 6.39. The number of hydrogen-bond acceptors (Lipinski definition) is 3. The van der Waals surface area contributed by atoms with Crippen LogP contribution >= 0.6 is 0 Å². The predicted molar refractivity (Wildman–Crippen MR) is 61.9 cm³/mol.